The van der Waals surface area contributed by atoms with E-state index >= 15 is 0 Å². The van der Waals surface area contributed by atoms with Crippen molar-refractivity contribution in [2.24, 2.45) is 5.92 Å². The van der Waals surface area contributed by atoms with Gasteiger partial charge in [0.2, 0.25) is 5.91 Å². The zero-order valence-electron chi connectivity index (χ0n) is 21.7. The molecule has 0 aromatic heterocycles. The van der Waals surface area contributed by atoms with Crippen LogP contribution in [0, 0.1) is 5.92 Å². The van der Waals surface area contributed by atoms with Crippen molar-refractivity contribution in [2.45, 2.75) is 89.4 Å². The fourth-order valence-electron chi connectivity index (χ4n) is 4.60. The van der Waals surface area contributed by atoms with Crippen molar-refractivity contribution in [2.75, 3.05) is 13.2 Å². The van der Waals surface area contributed by atoms with Crippen LogP contribution in [0.25, 0.3) is 0 Å². The molecule has 1 aliphatic heterocycles. The molecule has 4 N–H and O–H groups in total. The predicted octanol–water partition coefficient (Wildman–Crippen LogP) is 3.38. The molecule has 1 atom stereocenters. The van der Waals surface area contributed by atoms with Gasteiger partial charge in [-0.2, -0.15) is 0 Å². The lowest BCUT2D eigenvalue weighted by molar-refractivity contribution is -0.122. The largest absolute Gasteiger partial charge is 0.547 e. The SMILES string of the molecule is CC(C)(C)[Si](C)(C)OCCN[C@H]1CC[C@H](CC(=O)N[C@H]2Cc3cccc(C(=O)O)c3OB2O)CC1. The van der Waals surface area contributed by atoms with E-state index in [-0.39, 0.29) is 22.3 Å². The molecule has 1 aromatic carbocycles. The molecule has 0 spiro atoms. The standard InChI is InChI=1S/C25H41BN2O6Si/c1-25(2,3)35(4,5)33-14-13-27-19-11-9-17(10-12-19)15-22(29)28-21-16-18-7-6-8-20(24(30)31)23(18)34-26(21)32/h6-8,17,19,21,27,32H,9-16H2,1-5H3,(H,28,29)(H,30,31)/t17-,19-,21-/m0/s1. The van der Waals surface area contributed by atoms with E-state index in [1.807, 2.05) is 0 Å². The molecule has 3 rings (SSSR count). The van der Waals surface area contributed by atoms with Gasteiger partial charge < -0.3 is 29.8 Å². The number of nitrogens with one attached hydrogen (secondary N) is 2. The van der Waals surface area contributed by atoms with Crippen molar-refractivity contribution >= 4 is 27.3 Å². The van der Waals surface area contributed by atoms with Crippen molar-refractivity contribution in [1.29, 1.82) is 0 Å². The maximum atomic E-state index is 12.7. The predicted molar refractivity (Wildman–Crippen MR) is 139 cm³/mol. The first-order valence-corrected chi connectivity index (χ1v) is 15.6. The first-order chi connectivity index (χ1) is 16.4. The quantitative estimate of drug-likeness (QED) is 0.301. The lowest BCUT2D eigenvalue weighted by atomic mass is 9.72. The Morgan fingerprint density at radius 3 is 2.51 bits per heavy atom. The highest BCUT2D eigenvalue weighted by molar-refractivity contribution is 6.74. The molecule has 194 valence electrons. The Bertz CT molecular complexity index is 898. The molecule has 1 heterocycles. The highest BCUT2D eigenvalue weighted by Gasteiger charge is 2.38. The Hall–Kier alpha value is -1.88. The van der Waals surface area contributed by atoms with Gasteiger partial charge in [0, 0.05) is 25.6 Å². The number of rotatable bonds is 9. The van der Waals surface area contributed by atoms with E-state index in [4.69, 9.17) is 9.08 Å². The normalized spacial score (nSPS) is 22.8. The Morgan fingerprint density at radius 2 is 1.89 bits per heavy atom. The number of para-hydroxylation sites is 1. The maximum absolute atomic E-state index is 12.7. The van der Waals surface area contributed by atoms with E-state index in [0.717, 1.165) is 38.8 Å². The van der Waals surface area contributed by atoms with Gasteiger partial charge in [0.25, 0.3) is 0 Å². The lowest BCUT2D eigenvalue weighted by Crippen LogP contribution is -2.53. The molecule has 1 saturated carbocycles. The van der Waals surface area contributed by atoms with Gasteiger partial charge in [-0.25, -0.2) is 4.79 Å². The molecule has 0 radical (unpaired) electrons. The minimum Gasteiger partial charge on any atom is -0.534 e. The van der Waals surface area contributed by atoms with Crippen LogP contribution in [-0.2, 0) is 15.6 Å². The van der Waals surface area contributed by atoms with Gasteiger partial charge in [0.15, 0.2) is 8.32 Å². The number of hydrogen-bond donors (Lipinski definition) is 4. The smallest absolute Gasteiger partial charge is 0.534 e. The second-order valence-electron chi connectivity index (χ2n) is 11.5. The summed E-state index contributed by atoms with van der Waals surface area (Å²) in [6.45, 7) is 12.9. The summed E-state index contributed by atoms with van der Waals surface area (Å²) in [6, 6.07) is 5.32. The summed E-state index contributed by atoms with van der Waals surface area (Å²) in [7, 11) is -2.99. The Labute approximate surface area is 210 Å². The van der Waals surface area contributed by atoms with Gasteiger partial charge in [-0.3, -0.25) is 4.79 Å². The lowest BCUT2D eigenvalue weighted by Gasteiger charge is -2.36. The van der Waals surface area contributed by atoms with Crippen molar-refractivity contribution < 1.29 is 28.8 Å². The van der Waals surface area contributed by atoms with Crippen LogP contribution in [0.5, 0.6) is 5.75 Å². The van der Waals surface area contributed by atoms with Gasteiger partial charge in [-0.15, -0.1) is 0 Å². The molecular weight excluding hydrogens is 463 g/mol. The molecule has 2 aliphatic rings. The molecule has 1 fully saturated rings. The minimum atomic E-state index is -1.71. The number of carboxylic acid groups (broad SMARTS) is 1. The maximum Gasteiger partial charge on any atom is 0.547 e. The van der Waals surface area contributed by atoms with Crippen LogP contribution in [0.3, 0.4) is 0 Å². The third-order valence-electron chi connectivity index (χ3n) is 7.82. The molecule has 0 unspecified atom stereocenters. The summed E-state index contributed by atoms with van der Waals surface area (Å²) in [5.74, 6) is -1.31. The van der Waals surface area contributed by atoms with Crippen molar-refractivity contribution in [3.05, 3.63) is 29.3 Å². The van der Waals surface area contributed by atoms with Gasteiger partial charge in [0.05, 0.1) is 11.5 Å². The summed E-state index contributed by atoms with van der Waals surface area (Å²) >= 11 is 0. The van der Waals surface area contributed by atoms with Crippen LogP contribution >= 0.6 is 0 Å². The zero-order chi connectivity index (χ0) is 25.8. The van der Waals surface area contributed by atoms with Crippen molar-refractivity contribution in [1.82, 2.24) is 10.6 Å². The summed E-state index contributed by atoms with van der Waals surface area (Å²) in [6.07, 6.45) is 4.81. The number of amides is 1. The highest BCUT2D eigenvalue weighted by atomic mass is 28.4. The van der Waals surface area contributed by atoms with Gasteiger partial charge in [0.1, 0.15) is 5.75 Å². The molecule has 8 nitrogen and oxygen atoms in total. The highest BCUT2D eigenvalue weighted by Crippen LogP contribution is 2.36. The van der Waals surface area contributed by atoms with Gasteiger partial charge in [-0.05, 0) is 67.8 Å². The monoisotopic (exact) mass is 504 g/mol. The van der Waals surface area contributed by atoms with E-state index in [9.17, 15) is 19.7 Å². The van der Waals surface area contributed by atoms with Crippen LogP contribution < -0.4 is 15.3 Å². The number of fused-ring (bicyclic) bond motifs is 1. The molecule has 10 heteroatoms. The van der Waals surface area contributed by atoms with Gasteiger partial charge >= 0.3 is 13.1 Å². The van der Waals surface area contributed by atoms with E-state index in [2.05, 4.69) is 44.5 Å². The van der Waals surface area contributed by atoms with Crippen LogP contribution in [0.2, 0.25) is 18.1 Å². The number of carbonyl (C=O) groups excluding carboxylic acids is 1. The summed E-state index contributed by atoms with van der Waals surface area (Å²) in [4.78, 5) is 24.1. The average Bonchev–Trinajstić information content (AvgIpc) is 2.77. The number of carboxylic acids is 1. The fraction of sp³-hybridized carbons (Fsp3) is 0.680. The minimum absolute atomic E-state index is 0.0169. The molecule has 1 aromatic rings. The van der Waals surface area contributed by atoms with Crippen LogP contribution in [-0.4, -0.2) is 62.6 Å². The first kappa shape index (κ1) is 27.7. The van der Waals surface area contributed by atoms with Crippen LogP contribution in [0.4, 0.5) is 0 Å². The Kier molecular flexibility index (Phi) is 9.07. The van der Waals surface area contributed by atoms with Gasteiger partial charge in [-0.1, -0.05) is 32.9 Å². The third-order valence-corrected chi connectivity index (χ3v) is 12.4. The van der Waals surface area contributed by atoms with E-state index in [1.165, 1.54) is 6.07 Å². The number of aromatic carboxylic acids is 1. The molecule has 35 heavy (non-hydrogen) atoms. The molecule has 1 aliphatic carbocycles. The summed E-state index contributed by atoms with van der Waals surface area (Å²) in [5.41, 5.74) is 0.688. The second-order valence-corrected chi connectivity index (χ2v) is 16.3. The van der Waals surface area contributed by atoms with E-state index in [0.29, 0.717) is 30.4 Å². The van der Waals surface area contributed by atoms with E-state index < -0.39 is 27.3 Å². The van der Waals surface area contributed by atoms with Crippen LogP contribution in [0.15, 0.2) is 18.2 Å². The number of carbonyl (C=O) groups is 2. The summed E-state index contributed by atoms with van der Waals surface area (Å²) < 4.78 is 11.7. The van der Waals surface area contributed by atoms with Crippen LogP contribution in [0.1, 0.15) is 68.8 Å². The van der Waals surface area contributed by atoms with Crippen molar-refractivity contribution in [3.63, 3.8) is 0 Å². The Morgan fingerprint density at radius 1 is 1.20 bits per heavy atom. The molecule has 1 amide bonds. The first-order valence-electron chi connectivity index (χ1n) is 12.7. The van der Waals surface area contributed by atoms with Crippen molar-refractivity contribution in [3.8, 4) is 5.75 Å². The number of hydrogen-bond acceptors (Lipinski definition) is 6. The molecule has 0 saturated heterocycles. The molecule has 0 bridgehead atoms. The third kappa shape index (κ3) is 7.31. The Balaban J connectivity index is 1.38. The fourth-order valence-corrected chi connectivity index (χ4v) is 5.65. The topological polar surface area (TPSA) is 117 Å². The van der Waals surface area contributed by atoms with E-state index in [1.54, 1.807) is 12.1 Å². The molecular formula is C25H41BN2O6Si. The zero-order valence-corrected chi connectivity index (χ0v) is 22.7. The number of benzene rings is 1. The second kappa shape index (κ2) is 11.5. The summed E-state index contributed by atoms with van der Waals surface area (Å²) in [5, 5.41) is 26.4. The average molecular weight is 505 g/mol.